The molecule has 3 rings (SSSR count). The van der Waals surface area contributed by atoms with E-state index >= 15 is 0 Å². The molecule has 174 valence electrons. The van der Waals surface area contributed by atoms with E-state index in [4.69, 9.17) is 4.74 Å². The molecule has 2 heterocycles. The Labute approximate surface area is 193 Å². The van der Waals surface area contributed by atoms with E-state index < -0.39 is 5.54 Å². The summed E-state index contributed by atoms with van der Waals surface area (Å²) in [6.07, 6.45) is 1.61. The molecule has 1 aromatic heterocycles. The molecular weight excluding hydrogens is 429 g/mol. The number of nitrogens with one attached hydrogen (secondary N) is 1. The van der Waals surface area contributed by atoms with Crippen molar-refractivity contribution >= 4 is 23.3 Å². The van der Waals surface area contributed by atoms with Crippen LogP contribution in [0.5, 0.6) is 5.75 Å². The fourth-order valence-electron chi connectivity index (χ4n) is 3.75. The summed E-state index contributed by atoms with van der Waals surface area (Å²) in [4.78, 5) is 30.8. The van der Waals surface area contributed by atoms with Crippen LogP contribution in [0.1, 0.15) is 50.6 Å². The van der Waals surface area contributed by atoms with Crippen LogP contribution in [-0.2, 0) is 11.2 Å². The number of thiophene rings is 1. The van der Waals surface area contributed by atoms with Gasteiger partial charge in [-0.15, -0.1) is 11.3 Å². The van der Waals surface area contributed by atoms with Gasteiger partial charge in [-0.25, -0.2) is 9.18 Å². The molecule has 1 N–H and O–H groups in total. The van der Waals surface area contributed by atoms with Gasteiger partial charge in [0.2, 0.25) is 5.91 Å². The molecule has 2 aromatic rings. The van der Waals surface area contributed by atoms with Gasteiger partial charge in [0.1, 0.15) is 24.7 Å². The molecule has 1 atom stereocenters. The topological polar surface area (TPSA) is 61.9 Å². The second kappa shape index (κ2) is 10.3. The molecule has 0 saturated heterocycles. The Bertz CT molecular complexity index is 923. The predicted octanol–water partition coefficient (Wildman–Crippen LogP) is 4.61. The number of hydrogen-bond acceptors (Lipinski definition) is 4. The number of nitrogens with zero attached hydrogens (tertiary/aromatic N) is 2. The van der Waals surface area contributed by atoms with Gasteiger partial charge in [0, 0.05) is 23.5 Å². The Morgan fingerprint density at radius 1 is 1.25 bits per heavy atom. The lowest BCUT2D eigenvalue weighted by Crippen LogP contribution is -2.55. The number of carbonyl (C=O) groups excluding carboxylic acids is 2. The summed E-state index contributed by atoms with van der Waals surface area (Å²) in [6.45, 7) is 9.15. The summed E-state index contributed by atoms with van der Waals surface area (Å²) in [6, 6.07) is 7.41. The molecule has 8 heteroatoms. The number of halogens is 1. The van der Waals surface area contributed by atoms with E-state index in [1.807, 2.05) is 44.0 Å². The van der Waals surface area contributed by atoms with Gasteiger partial charge in [0.25, 0.3) is 0 Å². The first-order valence-corrected chi connectivity index (χ1v) is 11.9. The highest BCUT2D eigenvalue weighted by Gasteiger charge is 2.35. The van der Waals surface area contributed by atoms with Crippen LogP contribution in [0.3, 0.4) is 0 Å². The fraction of sp³-hybridized carbons (Fsp3) is 0.500. The van der Waals surface area contributed by atoms with Crippen molar-refractivity contribution in [2.24, 2.45) is 0 Å². The quantitative estimate of drug-likeness (QED) is 0.655. The summed E-state index contributed by atoms with van der Waals surface area (Å²) in [5.74, 6) is 0.114. The van der Waals surface area contributed by atoms with Crippen molar-refractivity contribution in [3.05, 3.63) is 52.0 Å². The zero-order valence-corrected chi connectivity index (χ0v) is 20.0. The van der Waals surface area contributed by atoms with Crippen molar-refractivity contribution in [3.63, 3.8) is 0 Å². The number of urea groups is 1. The largest absolute Gasteiger partial charge is 0.491 e. The van der Waals surface area contributed by atoms with Gasteiger partial charge in [-0.1, -0.05) is 6.92 Å². The highest BCUT2D eigenvalue weighted by Crippen LogP contribution is 2.34. The van der Waals surface area contributed by atoms with Gasteiger partial charge >= 0.3 is 6.03 Å². The fourth-order valence-corrected chi connectivity index (χ4v) is 4.68. The molecule has 1 aliphatic rings. The molecule has 0 unspecified atom stereocenters. The summed E-state index contributed by atoms with van der Waals surface area (Å²) >= 11 is 1.68. The standard InChI is InChI=1S/C24H32FN3O3S/c1-5-12-26-23(30)28(24(2,3)4)15-22(29)27-13-10-21-19(11-14-32-21)20(27)16-31-18-8-6-17(25)7-9-18/h6-9,11,14,20H,5,10,12-13,15-16H2,1-4H3,(H,26,30)/t20-/m0/s1. The smallest absolute Gasteiger partial charge is 0.318 e. The van der Waals surface area contributed by atoms with E-state index in [-0.39, 0.29) is 36.9 Å². The van der Waals surface area contributed by atoms with E-state index in [1.54, 1.807) is 28.4 Å². The van der Waals surface area contributed by atoms with E-state index in [0.717, 1.165) is 18.4 Å². The molecule has 0 radical (unpaired) electrons. The lowest BCUT2D eigenvalue weighted by atomic mass is 10.00. The Morgan fingerprint density at radius 3 is 2.62 bits per heavy atom. The van der Waals surface area contributed by atoms with Gasteiger partial charge in [0.15, 0.2) is 0 Å². The maximum absolute atomic E-state index is 13.4. The molecule has 0 bridgehead atoms. The summed E-state index contributed by atoms with van der Waals surface area (Å²) in [7, 11) is 0. The van der Waals surface area contributed by atoms with Gasteiger partial charge in [-0.2, -0.15) is 0 Å². The van der Waals surface area contributed by atoms with Crippen molar-refractivity contribution in [1.82, 2.24) is 15.1 Å². The van der Waals surface area contributed by atoms with Gasteiger partial charge in [0.05, 0.1) is 6.04 Å². The maximum Gasteiger partial charge on any atom is 0.318 e. The summed E-state index contributed by atoms with van der Waals surface area (Å²) < 4.78 is 19.2. The van der Waals surface area contributed by atoms with E-state index in [2.05, 4.69) is 5.32 Å². The lowest BCUT2D eigenvalue weighted by Gasteiger charge is -2.40. The number of carbonyl (C=O) groups is 2. The van der Waals surface area contributed by atoms with Crippen molar-refractivity contribution in [1.29, 1.82) is 0 Å². The van der Waals surface area contributed by atoms with Gasteiger partial charge in [-0.05, 0) is 74.9 Å². The van der Waals surface area contributed by atoms with Crippen LogP contribution in [0.15, 0.2) is 35.7 Å². The second-order valence-electron chi connectivity index (χ2n) is 8.91. The summed E-state index contributed by atoms with van der Waals surface area (Å²) in [5.41, 5.74) is 0.575. The first-order valence-electron chi connectivity index (χ1n) is 11.0. The summed E-state index contributed by atoms with van der Waals surface area (Å²) in [5, 5.41) is 4.91. The SMILES string of the molecule is CCCNC(=O)N(CC(=O)N1CCc2sccc2[C@@H]1COc1ccc(F)cc1)C(C)(C)C. The number of fused-ring (bicyclic) bond motifs is 1. The third kappa shape index (κ3) is 5.79. The zero-order chi connectivity index (χ0) is 23.3. The van der Waals surface area contributed by atoms with Crippen LogP contribution in [-0.4, -0.2) is 53.5 Å². The van der Waals surface area contributed by atoms with E-state index in [9.17, 15) is 14.0 Å². The highest BCUT2D eigenvalue weighted by molar-refractivity contribution is 7.10. The van der Waals surface area contributed by atoms with Gasteiger partial charge in [-0.3, -0.25) is 4.79 Å². The molecule has 1 aromatic carbocycles. The Kier molecular flexibility index (Phi) is 7.77. The number of hydrogen-bond donors (Lipinski definition) is 1. The first kappa shape index (κ1) is 24.0. The minimum atomic E-state index is -0.503. The van der Waals surface area contributed by atoms with Crippen molar-refractivity contribution in [2.45, 2.75) is 52.1 Å². The third-order valence-corrected chi connectivity index (χ3v) is 6.51. The molecule has 3 amide bonds. The monoisotopic (exact) mass is 461 g/mol. The van der Waals surface area contributed by atoms with Crippen LogP contribution < -0.4 is 10.1 Å². The van der Waals surface area contributed by atoms with Crippen LogP contribution in [0, 0.1) is 5.82 Å². The van der Waals surface area contributed by atoms with Crippen LogP contribution in [0.2, 0.25) is 0 Å². The molecular formula is C24H32FN3O3S. The Hall–Kier alpha value is -2.61. The Morgan fingerprint density at radius 2 is 1.97 bits per heavy atom. The van der Waals surface area contributed by atoms with E-state index in [0.29, 0.717) is 18.8 Å². The van der Waals surface area contributed by atoms with E-state index in [1.165, 1.54) is 17.0 Å². The molecule has 0 spiro atoms. The molecule has 32 heavy (non-hydrogen) atoms. The molecule has 0 aliphatic carbocycles. The molecule has 6 nitrogen and oxygen atoms in total. The molecule has 0 saturated carbocycles. The van der Waals surface area contributed by atoms with Gasteiger partial charge < -0.3 is 19.9 Å². The van der Waals surface area contributed by atoms with Crippen molar-refractivity contribution in [2.75, 3.05) is 26.2 Å². The molecule has 0 fully saturated rings. The minimum Gasteiger partial charge on any atom is -0.491 e. The average molecular weight is 462 g/mol. The zero-order valence-electron chi connectivity index (χ0n) is 19.2. The minimum absolute atomic E-state index is 0.00837. The van der Waals surface area contributed by atoms with Crippen LogP contribution in [0.25, 0.3) is 0 Å². The number of benzene rings is 1. The predicted molar refractivity (Wildman–Crippen MR) is 125 cm³/mol. The van der Waals surface area contributed by atoms with Crippen molar-refractivity contribution in [3.8, 4) is 5.75 Å². The molecule has 1 aliphatic heterocycles. The van der Waals surface area contributed by atoms with Crippen LogP contribution >= 0.6 is 11.3 Å². The second-order valence-corrected chi connectivity index (χ2v) is 9.91. The average Bonchev–Trinajstić information content (AvgIpc) is 3.23. The number of amides is 3. The van der Waals surface area contributed by atoms with Crippen LogP contribution in [0.4, 0.5) is 9.18 Å². The highest BCUT2D eigenvalue weighted by atomic mass is 32.1. The number of rotatable bonds is 7. The third-order valence-electron chi connectivity index (χ3n) is 5.51. The first-order chi connectivity index (χ1) is 15.2. The number of ether oxygens (including phenoxy) is 1. The van der Waals surface area contributed by atoms with Crippen molar-refractivity contribution < 1.29 is 18.7 Å². The Balaban J connectivity index is 1.77. The normalized spacial score (nSPS) is 15.8. The lowest BCUT2D eigenvalue weighted by molar-refractivity contribution is -0.136. The maximum atomic E-state index is 13.4.